The molecule has 1 aliphatic carbocycles. The minimum atomic E-state index is -0.445. The molecular formula is C17H24INO. The Labute approximate surface area is 135 Å². The molecule has 20 heavy (non-hydrogen) atoms. The van der Waals surface area contributed by atoms with Crippen LogP contribution in [0.1, 0.15) is 64.0 Å². The topological polar surface area (TPSA) is 43.1 Å². The highest BCUT2D eigenvalue weighted by molar-refractivity contribution is 14.1. The number of nitrogens with two attached hydrogens (primary N) is 1. The number of hydrogen-bond acceptors (Lipinski definition) is 1. The third-order valence-corrected chi connectivity index (χ3v) is 5.12. The van der Waals surface area contributed by atoms with E-state index in [2.05, 4.69) is 61.6 Å². The van der Waals surface area contributed by atoms with Gasteiger partial charge in [-0.2, -0.15) is 0 Å². The highest BCUT2D eigenvalue weighted by atomic mass is 127. The van der Waals surface area contributed by atoms with Gasteiger partial charge in [-0.05, 0) is 64.1 Å². The molecule has 1 saturated carbocycles. The van der Waals surface area contributed by atoms with Crippen LogP contribution in [0.2, 0.25) is 0 Å². The van der Waals surface area contributed by atoms with E-state index < -0.39 is 5.41 Å². The maximum atomic E-state index is 12.2. The predicted octanol–water partition coefficient (Wildman–Crippen LogP) is 4.28. The van der Waals surface area contributed by atoms with Crippen molar-refractivity contribution in [3.05, 3.63) is 32.9 Å². The molecule has 0 heterocycles. The van der Waals surface area contributed by atoms with Gasteiger partial charge in [-0.25, -0.2) is 0 Å². The molecule has 0 saturated heterocycles. The van der Waals surface area contributed by atoms with Gasteiger partial charge in [0.2, 0.25) is 5.91 Å². The summed E-state index contributed by atoms with van der Waals surface area (Å²) in [5.74, 6) is -0.154. The van der Waals surface area contributed by atoms with E-state index in [0.717, 1.165) is 31.2 Å². The number of benzene rings is 1. The van der Waals surface area contributed by atoms with Crippen molar-refractivity contribution in [1.82, 2.24) is 0 Å². The summed E-state index contributed by atoms with van der Waals surface area (Å²) < 4.78 is 1.19. The van der Waals surface area contributed by atoms with Crippen molar-refractivity contribution in [3.63, 3.8) is 0 Å². The summed E-state index contributed by atoms with van der Waals surface area (Å²) in [5, 5.41) is 0. The summed E-state index contributed by atoms with van der Waals surface area (Å²) in [4.78, 5) is 12.2. The Kier molecular flexibility index (Phi) is 4.47. The fourth-order valence-electron chi connectivity index (χ4n) is 3.13. The maximum absolute atomic E-state index is 12.2. The van der Waals surface area contributed by atoms with Crippen LogP contribution in [-0.4, -0.2) is 5.91 Å². The van der Waals surface area contributed by atoms with Crippen molar-refractivity contribution in [2.75, 3.05) is 0 Å². The lowest BCUT2D eigenvalue weighted by Crippen LogP contribution is -2.43. The molecule has 1 aliphatic rings. The van der Waals surface area contributed by atoms with E-state index >= 15 is 0 Å². The minimum absolute atomic E-state index is 0.0867. The molecule has 0 bridgehead atoms. The van der Waals surface area contributed by atoms with Gasteiger partial charge < -0.3 is 5.73 Å². The summed E-state index contributed by atoms with van der Waals surface area (Å²) in [6, 6.07) is 6.56. The lowest BCUT2D eigenvalue weighted by Gasteiger charge is -2.36. The quantitative estimate of drug-likeness (QED) is 0.759. The monoisotopic (exact) mass is 385 g/mol. The van der Waals surface area contributed by atoms with Crippen LogP contribution in [0.5, 0.6) is 0 Å². The van der Waals surface area contributed by atoms with Crippen LogP contribution in [0.4, 0.5) is 0 Å². The third kappa shape index (κ3) is 3.02. The minimum Gasteiger partial charge on any atom is -0.369 e. The largest absolute Gasteiger partial charge is 0.369 e. The lowest BCUT2D eigenvalue weighted by atomic mass is 9.68. The molecule has 1 aromatic carbocycles. The number of amides is 1. The molecule has 1 fully saturated rings. The number of carbonyl (C=O) groups is 1. The van der Waals surface area contributed by atoms with Gasteiger partial charge in [0, 0.05) is 3.57 Å². The summed E-state index contributed by atoms with van der Waals surface area (Å²) in [7, 11) is 0. The number of carbonyl (C=O) groups excluding carboxylic acids is 1. The first-order valence-corrected chi connectivity index (χ1v) is 8.45. The zero-order valence-corrected chi connectivity index (χ0v) is 14.8. The maximum Gasteiger partial charge on any atom is 0.228 e. The number of halogens is 1. The second kappa shape index (κ2) is 5.66. The van der Waals surface area contributed by atoms with Crippen LogP contribution < -0.4 is 5.73 Å². The van der Waals surface area contributed by atoms with Gasteiger partial charge in [-0.15, -0.1) is 0 Å². The molecular weight excluding hydrogens is 361 g/mol. The van der Waals surface area contributed by atoms with Crippen molar-refractivity contribution < 1.29 is 4.79 Å². The fraction of sp³-hybridized carbons (Fsp3) is 0.588. The van der Waals surface area contributed by atoms with Crippen molar-refractivity contribution in [2.24, 2.45) is 5.73 Å². The fourth-order valence-corrected chi connectivity index (χ4v) is 3.80. The molecule has 0 radical (unpaired) electrons. The summed E-state index contributed by atoms with van der Waals surface area (Å²) in [5.41, 5.74) is 7.85. The molecule has 2 nitrogen and oxygen atoms in total. The van der Waals surface area contributed by atoms with Gasteiger partial charge in [-0.1, -0.05) is 46.1 Å². The van der Waals surface area contributed by atoms with E-state index in [9.17, 15) is 4.79 Å². The van der Waals surface area contributed by atoms with Crippen LogP contribution in [0.25, 0.3) is 0 Å². The number of primary amides is 1. The van der Waals surface area contributed by atoms with E-state index in [1.807, 2.05) is 0 Å². The summed E-state index contributed by atoms with van der Waals surface area (Å²) >= 11 is 2.35. The first-order chi connectivity index (χ1) is 9.25. The van der Waals surface area contributed by atoms with Gasteiger partial charge in [0.05, 0.1) is 5.41 Å². The van der Waals surface area contributed by atoms with Crippen molar-refractivity contribution in [2.45, 2.75) is 63.7 Å². The molecule has 2 rings (SSSR count). The molecule has 0 atom stereocenters. The Morgan fingerprint density at radius 2 is 1.75 bits per heavy atom. The van der Waals surface area contributed by atoms with Gasteiger partial charge in [0.25, 0.3) is 0 Å². The van der Waals surface area contributed by atoms with Gasteiger partial charge in [-0.3, -0.25) is 4.79 Å². The van der Waals surface area contributed by atoms with E-state index in [1.165, 1.54) is 15.6 Å². The number of rotatable bonds is 2. The lowest BCUT2D eigenvalue weighted by molar-refractivity contribution is -0.124. The normalized spacial score (nSPS) is 18.8. The van der Waals surface area contributed by atoms with Crippen LogP contribution in [0, 0.1) is 3.57 Å². The second-order valence-electron chi connectivity index (χ2n) is 6.99. The molecule has 0 aromatic heterocycles. The Morgan fingerprint density at radius 1 is 1.15 bits per heavy atom. The molecule has 110 valence electrons. The molecule has 2 N–H and O–H groups in total. The van der Waals surface area contributed by atoms with Crippen molar-refractivity contribution in [1.29, 1.82) is 0 Å². The van der Waals surface area contributed by atoms with Crippen molar-refractivity contribution in [3.8, 4) is 0 Å². The molecule has 1 amide bonds. The van der Waals surface area contributed by atoms with Gasteiger partial charge in [0.15, 0.2) is 0 Å². The third-order valence-electron chi connectivity index (χ3n) is 4.50. The molecule has 0 unspecified atom stereocenters. The SMILES string of the molecule is CC(C)(C)c1cc(I)cc(C2(C(N)=O)CCCCC2)c1. The molecule has 1 aromatic rings. The Hall–Kier alpha value is -0.580. The van der Waals surface area contributed by atoms with Gasteiger partial charge >= 0.3 is 0 Å². The summed E-state index contributed by atoms with van der Waals surface area (Å²) in [6.07, 6.45) is 5.20. The Balaban J connectivity index is 2.54. The molecule has 3 heteroatoms. The van der Waals surface area contributed by atoms with E-state index in [-0.39, 0.29) is 11.3 Å². The van der Waals surface area contributed by atoms with E-state index in [4.69, 9.17) is 5.73 Å². The smallest absolute Gasteiger partial charge is 0.228 e. The number of hydrogen-bond donors (Lipinski definition) is 1. The second-order valence-corrected chi connectivity index (χ2v) is 8.23. The average Bonchev–Trinajstić information content (AvgIpc) is 2.37. The van der Waals surface area contributed by atoms with Crippen LogP contribution in [0.3, 0.4) is 0 Å². The van der Waals surface area contributed by atoms with E-state index in [0.29, 0.717) is 0 Å². The Bertz CT molecular complexity index is 510. The van der Waals surface area contributed by atoms with Gasteiger partial charge in [0.1, 0.15) is 0 Å². The van der Waals surface area contributed by atoms with Crippen LogP contribution in [-0.2, 0) is 15.6 Å². The molecule has 0 spiro atoms. The highest BCUT2D eigenvalue weighted by Crippen LogP contribution is 2.41. The first kappa shape index (κ1) is 15.8. The average molecular weight is 385 g/mol. The van der Waals surface area contributed by atoms with Crippen LogP contribution in [0.15, 0.2) is 18.2 Å². The molecule has 0 aliphatic heterocycles. The first-order valence-electron chi connectivity index (χ1n) is 7.37. The standard InChI is InChI=1S/C17H24INO/c1-16(2,3)12-9-13(11-14(18)10-12)17(15(19)20)7-5-4-6-8-17/h9-11H,4-8H2,1-3H3,(H2,19,20). The van der Waals surface area contributed by atoms with Crippen molar-refractivity contribution >= 4 is 28.5 Å². The zero-order valence-electron chi connectivity index (χ0n) is 12.6. The predicted molar refractivity (Wildman–Crippen MR) is 91.8 cm³/mol. The summed E-state index contributed by atoms with van der Waals surface area (Å²) in [6.45, 7) is 6.63. The highest BCUT2D eigenvalue weighted by Gasteiger charge is 2.40. The van der Waals surface area contributed by atoms with Crippen LogP contribution >= 0.6 is 22.6 Å². The Morgan fingerprint density at radius 3 is 2.25 bits per heavy atom. The van der Waals surface area contributed by atoms with E-state index in [1.54, 1.807) is 0 Å². The zero-order chi connectivity index (χ0) is 15.0.